The molecule has 0 radical (unpaired) electrons. The summed E-state index contributed by atoms with van der Waals surface area (Å²) in [4.78, 5) is 22.3. The molecule has 0 N–H and O–H groups in total. The monoisotopic (exact) mass is 222 g/mol. The zero-order valence-corrected chi connectivity index (χ0v) is 8.42. The summed E-state index contributed by atoms with van der Waals surface area (Å²) < 4.78 is 14.5. The molecule has 0 bridgehead atoms. The van der Waals surface area contributed by atoms with E-state index < -0.39 is 18.0 Å². The van der Waals surface area contributed by atoms with E-state index in [1.807, 2.05) is 0 Å². The number of furan rings is 1. The van der Waals surface area contributed by atoms with Gasteiger partial charge in [0.25, 0.3) is 0 Å². The molecule has 16 heavy (non-hydrogen) atoms. The van der Waals surface area contributed by atoms with E-state index in [0.717, 1.165) is 0 Å². The van der Waals surface area contributed by atoms with Crippen LogP contribution in [0, 0.1) is 0 Å². The third-order valence-corrected chi connectivity index (χ3v) is 2.07. The van der Waals surface area contributed by atoms with Gasteiger partial charge in [-0.3, -0.25) is 0 Å². The molecule has 0 spiro atoms. The van der Waals surface area contributed by atoms with Gasteiger partial charge in [0, 0.05) is 12.5 Å². The molecule has 5 heteroatoms. The van der Waals surface area contributed by atoms with Gasteiger partial charge in [-0.15, -0.1) is 0 Å². The molecule has 0 saturated carbocycles. The van der Waals surface area contributed by atoms with E-state index in [9.17, 15) is 9.59 Å². The zero-order valence-electron chi connectivity index (χ0n) is 8.42. The number of hydrogen-bond donors (Lipinski definition) is 0. The Morgan fingerprint density at radius 1 is 1.56 bits per heavy atom. The van der Waals surface area contributed by atoms with Crippen molar-refractivity contribution in [2.24, 2.45) is 0 Å². The van der Waals surface area contributed by atoms with Gasteiger partial charge >= 0.3 is 11.9 Å². The lowest BCUT2D eigenvalue weighted by atomic mass is 10.3. The lowest BCUT2D eigenvalue weighted by Gasteiger charge is -2.04. The molecule has 0 amide bonds. The van der Waals surface area contributed by atoms with Crippen LogP contribution in [0.4, 0.5) is 0 Å². The van der Waals surface area contributed by atoms with Gasteiger partial charge in [0.05, 0.1) is 12.9 Å². The van der Waals surface area contributed by atoms with Crippen molar-refractivity contribution < 1.29 is 23.5 Å². The summed E-state index contributed by atoms with van der Waals surface area (Å²) in [5, 5.41) is 0. The molecular formula is C11H10O5. The number of hydrogen-bond acceptors (Lipinski definition) is 5. The quantitative estimate of drug-likeness (QED) is 0.567. The highest BCUT2D eigenvalue weighted by Gasteiger charge is 2.29. The molecular weight excluding hydrogens is 212 g/mol. The normalized spacial score (nSPS) is 20.0. The summed E-state index contributed by atoms with van der Waals surface area (Å²) in [7, 11) is 0. The number of carbonyl (C=O) groups is 2. The third-order valence-electron chi connectivity index (χ3n) is 2.07. The van der Waals surface area contributed by atoms with Crippen molar-refractivity contribution in [3.63, 3.8) is 0 Å². The Labute approximate surface area is 91.6 Å². The van der Waals surface area contributed by atoms with Crippen LogP contribution in [0.2, 0.25) is 0 Å². The van der Waals surface area contributed by atoms with Gasteiger partial charge in [-0.05, 0) is 18.2 Å². The third kappa shape index (κ3) is 2.50. The van der Waals surface area contributed by atoms with Crippen molar-refractivity contribution in [1.82, 2.24) is 0 Å². The Bertz CT molecular complexity index is 404. The molecule has 1 fully saturated rings. The Morgan fingerprint density at radius 2 is 2.44 bits per heavy atom. The van der Waals surface area contributed by atoms with Crippen molar-refractivity contribution in [3.8, 4) is 0 Å². The van der Waals surface area contributed by atoms with Gasteiger partial charge in [0.1, 0.15) is 5.76 Å². The van der Waals surface area contributed by atoms with Crippen LogP contribution >= 0.6 is 0 Å². The van der Waals surface area contributed by atoms with Crippen LogP contribution in [0.5, 0.6) is 0 Å². The minimum atomic E-state index is -0.770. The van der Waals surface area contributed by atoms with Crippen molar-refractivity contribution >= 4 is 18.0 Å². The predicted octanol–water partition coefficient (Wildman–Crippen LogP) is 1.15. The van der Waals surface area contributed by atoms with E-state index in [2.05, 4.69) is 4.74 Å². The van der Waals surface area contributed by atoms with E-state index in [1.54, 1.807) is 12.1 Å². The van der Waals surface area contributed by atoms with Crippen LogP contribution < -0.4 is 0 Å². The fourth-order valence-corrected chi connectivity index (χ4v) is 1.30. The van der Waals surface area contributed by atoms with Crippen molar-refractivity contribution in [3.05, 3.63) is 30.2 Å². The predicted molar refractivity (Wildman–Crippen MR) is 53.2 cm³/mol. The van der Waals surface area contributed by atoms with Gasteiger partial charge in [-0.2, -0.15) is 0 Å². The zero-order chi connectivity index (χ0) is 11.4. The topological polar surface area (TPSA) is 65.7 Å². The largest absolute Gasteiger partial charge is 0.465 e. The second-order valence-electron chi connectivity index (χ2n) is 3.23. The molecule has 5 nitrogen and oxygen atoms in total. The molecule has 1 saturated heterocycles. The average Bonchev–Trinajstić information content (AvgIpc) is 2.88. The smallest absolute Gasteiger partial charge is 0.347 e. The molecule has 0 aliphatic carbocycles. The van der Waals surface area contributed by atoms with Gasteiger partial charge in [-0.25, -0.2) is 9.59 Å². The van der Waals surface area contributed by atoms with Crippen LogP contribution in [0.15, 0.2) is 28.9 Å². The fraction of sp³-hybridized carbons (Fsp3) is 0.273. The first-order chi connectivity index (χ1) is 7.75. The Hall–Kier alpha value is -2.04. The summed E-state index contributed by atoms with van der Waals surface area (Å²) >= 11 is 0. The lowest BCUT2D eigenvalue weighted by molar-refractivity contribution is -0.156. The molecule has 2 heterocycles. The molecule has 1 aromatic heterocycles. The highest BCUT2D eigenvalue weighted by Crippen LogP contribution is 2.11. The number of rotatable bonds is 3. The Morgan fingerprint density at radius 3 is 3.06 bits per heavy atom. The van der Waals surface area contributed by atoms with Gasteiger partial charge in [-0.1, -0.05) is 0 Å². The summed E-state index contributed by atoms with van der Waals surface area (Å²) in [5.41, 5.74) is 0. The second kappa shape index (κ2) is 4.65. The Balaban J connectivity index is 1.87. The summed E-state index contributed by atoms with van der Waals surface area (Å²) in [6, 6.07) is 3.41. The minimum Gasteiger partial charge on any atom is -0.465 e. The van der Waals surface area contributed by atoms with Crippen LogP contribution in [0.3, 0.4) is 0 Å². The van der Waals surface area contributed by atoms with E-state index in [1.165, 1.54) is 18.4 Å². The molecule has 1 atom stereocenters. The number of ether oxygens (including phenoxy) is 2. The van der Waals surface area contributed by atoms with Crippen LogP contribution in [-0.2, 0) is 19.1 Å². The van der Waals surface area contributed by atoms with Crippen LogP contribution in [-0.4, -0.2) is 24.6 Å². The van der Waals surface area contributed by atoms with Gasteiger partial charge in [0.15, 0.2) is 0 Å². The van der Waals surface area contributed by atoms with Crippen LogP contribution in [0.1, 0.15) is 12.2 Å². The molecule has 84 valence electrons. The van der Waals surface area contributed by atoms with Crippen molar-refractivity contribution in [2.75, 3.05) is 6.61 Å². The van der Waals surface area contributed by atoms with E-state index in [0.29, 0.717) is 18.8 Å². The number of carbonyl (C=O) groups excluding carboxylic acids is 2. The first-order valence-corrected chi connectivity index (χ1v) is 4.84. The first-order valence-electron chi connectivity index (χ1n) is 4.84. The highest BCUT2D eigenvalue weighted by molar-refractivity contribution is 5.89. The number of cyclic esters (lactones) is 1. The van der Waals surface area contributed by atoms with Gasteiger partial charge < -0.3 is 13.9 Å². The van der Waals surface area contributed by atoms with Crippen molar-refractivity contribution in [2.45, 2.75) is 12.5 Å². The molecule has 1 aliphatic rings. The van der Waals surface area contributed by atoms with E-state index >= 15 is 0 Å². The average molecular weight is 222 g/mol. The lowest BCUT2D eigenvalue weighted by Crippen LogP contribution is -2.21. The maximum Gasteiger partial charge on any atom is 0.347 e. The van der Waals surface area contributed by atoms with Gasteiger partial charge in [0.2, 0.25) is 6.10 Å². The minimum absolute atomic E-state index is 0.304. The van der Waals surface area contributed by atoms with E-state index in [-0.39, 0.29) is 0 Å². The molecule has 1 aromatic rings. The molecule has 1 unspecified atom stereocenters. The molecule has 2 rings (SSSR count). The first kappa shape index (κ1) is 10.5. The summed E-state index contributed by atoms with van der Waals surface area (Å²) in [6.45, 7) is 0.304. The Kier molecular flexibility index (Phi) is 3.05. The molecule has 0 aromatic carbocycles. The maximum absolute atomic E-state index is 11.3. The fourth-order valence-electron chi connectivity index (χ4n) is 1.30. The summed E-state index contributed by atoms with van der Waals surface area (Å²) in [5.74, 6) is -0.522. The van der Waals surface area contributed by atoms with Crippen LogP contribution in [0.25, 0.3) is 6.08 Å². The maximum atomic E-state index is 11.3. The second-order valence-corrected chi connectivity index (χ2v) is 3.23. The number of esters is 2. The SMILES string of the molecule is O=C(C=Cc1ccco1)OC1CCOC1=O. The highest BCUT2D eigenvalue weighted by atomic mass is 16.6. The summed E-state index contributed by atoms with van der Waals surface area (Å²) in [6.07, 6.45) is 3.83. The standard InChI is InChI=1S/C11H10O5/c12-10(4-3-8-2-1-6-14-8)16-9-5-7-15-11(9)13/h1-4,6,9H,5,7H2. The molecule has 1 aliphatic heterocycles. The van der Waals surface area contributed by atoms with E-state index in [4.69, 9.17) is 9.15 Å². The van der Waals surface area contributed by atoms with Crippen molar-refractivity contribution in [1.29, 1.82) is 0 Å².